The number of pyridine rings is 1. The van der Waals surface area contributed by atoms with E-state index >= 15 is 0 Å². The second-order valence-corrected chi connectivity index (χ2v) is 5.68. The van der Waals surface area contributed by atoms with Crippen LogP contribution in [0.4, 0.5) is 0 Å². The van der Waals surface area contributed by atoms with Crippen molar-refractivity contribution >= 4 is 5.91 Å². The first-order valence-electron chi connectivity index (χ1n) is 8.39. The molecule has 0 radical (unpaired) electrons. The molecule has 0 aliphatic carbocycles. The molecule has 3 aromatic rings. The van der Waals surface area contributed by atoms with Crippen LogP contribution in [0.2, 0.25) is 0 Å². The molecule has 0 aliphatic rings. The van der Waals surface area contributed by atoms with E-state index in [1.54, 1.807) is 18.2 Å². The molecule has 3 rings (SSSR count). The first kappa shape index (κ1) is 17.7. The van der Waals surface area contributed by atoms with E-state index in [9.17, 15) is 9.59 Å². The van der Waals surface area contributed by atoms with E-state index in [4.69, 9.17) is 9.15 Å². The largest absolute Gasteiger partial charge is 0.463 e. The molecular weight excluding hydrogens is 332 g/mol. The topological polar surface area (TPSA) is 84.3 Å². The zero-order chi connectivity index (χ0) is 18.4. The molecule has 6 heteroatoms. The Hall–Kier alpha value is -3.12. The van der Waals surface area contributed by atoms with Crippen molar-refractivity contribution in [3.63, 3.8) is 0 Å². The molecule has 0 saturated heterocycles. The smallest absolute Gasteiger partial charge is 0.261 e. The van der Waals surface area contributed by atoms with E-state index in [-0.39, 0.29) is 5.56 Å². The molecule has 6 nitrogen and oxygen atoms in total. The SMILES string of the molecule is CCOCc1ccccc1CNC(=O)c1ccc(-c2ccco2)[nH]c1=O. The number of amides is 1. The predicted molar refractivity (Wildman–Crippen MR) is 97.7 cm³/mol. The monoisotopic (exact) mass is 352 g/mol. The summed E-state index contributed by atoms with van der Waals surface area (Å²) in [6, 6.07) is 14.3. The molecule has 2 aromatic heterocycles. The van der Waals surface area contributed by atoms with Crippen LogP contribution >= 0.6 is 0 Å². The van der Waals surface area contributed by atoms with Crippen molar-refractivity contribution in [3.8, 4) is 11.5 Å². The Morgan fingerprint density at radius 3 is 2.62 bits per heavy atom. The van der Waals surface area contributed by atoms with E-state index in [1.807, 2.05) is 31.2 Å². The molecule has 26 heavy (non-hydrogen) atoms. The number of carbonyl (C=O) groups excluding carboxylic acids is 1. The molecule has 2 N–H and O–H groups in total. The normalized spacial score (nSPS) is 10.7. The number of hydrogen-bond donors (Lipinski definition) is 2. The van der Waals surface area contributed by atoms with Crippen LogP contribution in [0.1, 0.15) is 28.4 Å². The van der Waals surface area contributed by atoms with E-state index in [1.165, 1.54) is 12.3 Å². The number of ether oxygens (including phenoxy) is 1. The van der Waals surface area contributed by atoms with Gasteiger partial charge in [0.1, 0.15) is 11.3 Å². The Kier molecular flexibility index (Phi) is 5.66. The second kappa shape index (κ2) is 8.31. The molecule has 1 aromatic carbocycles. The minimum absolute atomic E-state index is 0.0580. The van der Waals surface area contributed by atoms with E-state index < -0.39 is 11.5 Å². The summed E-state index contributed by atoms with van der Waals surface area (Å²) < 4.78 is 10.7. The van der Waals surface area contributed by atoms with Gasteiger partial charge < -0.3 is 19.5 Å². The van der Waals surface area contributed by atoms with Gasteiger partial charge in [-0.25, -0.2) is 0 Å². The molecular formula is C20H20N2O4. The van der Waals surface area contributed by atoms with Gasteiger partial charge in [-0.15, -0.1) is 0 Å². The van der Waals surface area contributed by atoms with Gasteiger partial charge in [0.2, 0.25) is 0 Å². The lowest BCUT2D eigenvalue weighted by molar-refractivity contribution is 0.0948. The predicted octanol–water partition coefficient (Wildman–Crippen LogP) is 3.10. The quantitative estimate of drug-likeness (QED) is 0.684. The molecule has 1 amide bonds. The van der Waals surface area contributed by atoms with E-state index in [2.05, 4.69) is 10.3 Å². The maximum absolute atomic E-state index is 12.4. The van der Waals surface area contributed by atoms with Crippen molar-refractivity contribution in [3.05, 3.63) is 81.8 Å². The van der Waals surface area contributed by atoms with Gasteiger partial charge in [-0.3, -0.25) is 9.59 Å². The number of aromatic amines is 1. The number of rotatable bonds is 7. The molecule has 0 unspecified atom stereocenters. The average Bonchev–Trinajstić information content (AvgIpc) is 3.19. The maximum Gasteiger partial charge on any atom is 0.261 e. The number of aromatic nitrogens is 1. The van der Waals surface area contributed by atoms with E-state index in [0.29, 0.717) is 31.2 Å². The maximum atomic E-state index is 12.4. The molecule has 0 bridgehead atoms. The summed E-state index contributed by atoms with van der Waals surface area (Å²) in [5.74, 6) is 0.113. The van der Waals surface area contributed by atoms with Crippen LogP contribution in [0, 0.1) is 0 Å². The highest BCUT2D eigenvalue weighted by molar-refractivity contribution is 5.94. The van der Waals surface area contributed by atoms with Crippen LogP contribution in [-0.4, -0.2) is 17.5 Å². The van der Waals surface area contributed by atoms with Crippen LogP contribution in [-0.2, 0) is 17.9 Å². The Morgan fingerprint density at radius 1 is 1.12 bits per heavy atom. The fourth-order valence-corrected chi connectivity index (χ4v) is 2.58. The van der Waals surface area contributed by atoms with Gasteiger partial charge in [-0.1, -0.05) is 24.3 Å². The van der Waals surface area contributed by atoms with Crippen molar-refractivity contribution in [2.75, 3.05) is 6.61 Å². The van der Waals surface area contributed by atoms with E-state index in [0.717, 1.165) is 11.1 Å². The summed E-state index contributed by atoms with van der Waals surface area (Å²) in [5, 5.41) is 2.79. The number of benzene rings is 1. The first-order valence-corrected chi connectivity index (χ1v) is 8.39. The highest BCUT2D eigenvalue weighted by Crippen LogP contribution is 2.15. The Bertz CT molecular complexity index is 929. The first-order chi connectivity index (χ1) is 12.7. The fourth-order valence-electron chi connectivity index (χ4n) is 2.58. The Morgan fingerprint density at radius 2 is 1.92 bits per heavy atom. The van der Waals surface area contributed by atoms with Crippen LogP contribution in [0.5, 0.6) is 0 Å². The lowest BCUT2D eigenvalue weighted by Gasteiger charge is -2.10. The Balaban J connectivity index is 1.70. The highest BCUT2D eigenvalue weighted by atomic mass is 16.5. The number of carbonyl (C=O) groups is 1. The number of furan rings is 1. The second-order valence-electron chi connectivity index (χ2n) is 5.68. The number of hydrogen-bond acceptors (Lipinski definition) is 4. The lowest BCUT2D eigenvalue weighted by Crippen LogP contribution is -2.29. The summed E-state index contributed by atoms with van der Waals surface area (Å²) in [7, 11) is 0. The minimum atomic E-state index is -0.459. The lowest BCUT2D eigenvalue weighted by atomic mass is 10.1. The number of H-pyrrole nitrogens is 1. The van der Waals surface area contributed by atoms with Gasteiger partial charge in [0.25, 0.3) is 11.5 Å². The van der Waals surface area contributed by atoms with Crippen molar-refractivity contribution in [1.82, 2.24) is 10.3 Å². The zero-order valence-corrected chi connectivity index (χ0v) is 14.5. The molecule has 0 spiro atoms. The standard InChI is InChI=1S/C20H20N2O4/c1-2-25-13-15-7-4-3-6-14(15)12-21-19(23)16-9-10-17(22-20(16)24)18-8-5-11-26-18/h3-11H,2,12-13H2,1H3,(H,21,23)(H,22,24). The minimum Gasteiger partial charge on any atom is -0.463 e. The zero-order valence-electron chi connectivity index (χ0n) is 14.5. The molecule has 0 fully saturated rings. The van der Waals surface area contributed by atoms with Gasteiger partial charge in [0.05, 0.1) is 18.6 Å². The molecule has 0 aliphatic heterocycles. The summed E-state index contributed by atoms with van der Waals surface area (Å²) in [4.78, 5) is 27.3. The third kappa shape index (κ3) is 4.10. The third-order valence-electron chi connectivity index (χ3n) is 3.96. The summed E-state index contributed by atoms with van der Waals surface area (Å²) in [5.41, 5.74) is 2.09. The fraction of sp³-hybridized carbons (Fsp3) is 0.200. The molecule has 134 valence electrons. The summed E-state index contributed by atoms with van der Waals surface area (Å²) in [6.07, 6.45) is 1.52. The molecule has 2 heterocycles. The van der Waals surface area contributed by atoms with Crippen LogP contribution < -0.4 is 10.9 Å². The molecule has 0 saturated carbocycles. The van der Waals surface area contributed by atoms with Crippen molar-refractivity contribution in [1.29, 1.82) is 0 Å². The van der Waals surface area contributed by atoms with Crippen molar-refractivity contribution < 1.29 is 13.9 Å². The summed E-state index contributed by atoms with van der Waals surface area (Å²) in [6.45, 7) is 3.36. The van der Waals surface area contributed by atoms with Crippen LogP contribution in [0.15, 0.2) is 64.0 Å². The number of nitrogens with one attached hydrogen (secondary N) is 2. The highest BCUT2D eigenvalue weighted by Gasteiger charge is 2.13. The van der Waals surface area contributed by atoms with Gasteiger partial charge >= 0.3 is 0 Å². The third-order valence-corrected chi connectivity index (χ3v) is 3.96. The van der Waals surface area contributed by atoms with Gasteiger partial charge in [-0.05, 0) is 42.3 Å². The van der Waals surface area contributed by atoms with Gasteiger partial charge in [0.15, 0.2) is 0 Å². The van der Waals surface area contributed by atoms with Crippen LogP contribution in [0.25, 0.3) is 11.5 Å². The van der Waals surface area contributed by atoms with Crippen LogP contribution in [0.3, 0.4) is 0 Å². The Labute approximate surface area is 150 Å². The summed E-state index contributed by atoms with van der Waals surface area (Å²) >= 11 is 0. The average molecular weight is 352 g/mol. The molecule has 0 atom stereocenters. The van der Waals surface area contributed by atoms with Gasteiger partial charge in [-0.2, -0.15) is 0 Å². The van der Waals surface area contributed by atoms with Crippen molar-refractivity contribution in [2.24, 2.45) is 0 Å². The van der Waals surface area contributed by atoms with Gasteiger partial charge in [0, 0.05) is 13.2 Å². The van der Waals surface area contributed by atoms with Crippen molar-refractivity contribution in [2.45, 2.75) is 20.1 Å².